The summed E-state index contributed by atoms with van der Waals surface area (Å²) in [7, 11) is 0. The average Bonchev–Trinajstić information content (AvgIpc) is 3.57. The molecule has 0 spiro atoms. The van der Waals surface area contributed by atoms with Crippen LogP contribution < -0.4 is 10.1 Å². The molecular formula is C26H29Cl2N7O4. The maximum Gasteiger partial charge on any atom is 0.245 e. The molecule has 206 valence electrons. The maximum atomic E-state index is 13.6. The van der Waals surface area contributed by atoms with Crippen molar-refractivity contribution >= 4 is 51.7 Å². The molecule has 0 aromatic carbocycles. The molecule has 1 aliphatic heterocycles. The van der Waals surface area contributed by atoms with Crippen LogP contribution in [0.4, 0.5) is 0 Å². The second kappa shape index (κ2) is 9.48. The fourth-order valence-electron chi connectivity index (χ4n) is 5.67. The minimum Gasteiger partial charge on any atom is -0.471 e. The quantitative estimate of drug-likeness (QED) is 0.296. The van der Waals surface area contributed by atoms with Gasteiger partial charge in [-0.3, -0.25) is 24.2 Å². The minimum atomic E-state index is -0.799. The number of carbonyl (C=O) groups is 3. The third kappa shape index (κ3) is 4.98. The number of nitrogens with zero attached hydrogens (tertiary/aromatic N) is 5. The van der Waals surface area contributed by atoms with E-state index < -0.39 is 10.4 Å². The van der Waals surface area contributed by atoms with Crippen molar-refractivity contribution < 1.29 is 19.1 Å². The smallest absolute Gasteiger partial charge is 0.245 e. The van der Waals surface area contributed by atoms with Crippen LogP contribution >= 0.6 is 23.2 Å². The lowest BCUT2D eigenvalue weighted by atomic mass is 10.1. The van der Waals surface area contributed by atoms with Gasteiger partial charge in [-0.2, -0.15) is 10.2 Å². The molecule has 0 radical (unpaired) electrons. The number of aromatic amines is 1. The maximum absolute atomic E-state index is 13.6. The van der Waals surface area contributed by atoms with Crippen molar-refractivity contribution in [3.8, 4) is 5.88 Å². The number of hydrogen-bond donors (Lipinski definition) is 2. The normalized spacial score (nSPS) is 25.3. The molecule has 6 rings (SSSR count). The number of aryl methyl sites for hydroxylation is 1. The van der Waals surface area contributed by atoms with Gasteiger partial charge in [0.2, 0.25) is 17.7 Å². The number of H-pyrrole nitrogens is 1. The zero-order valence-corrected chi connectivity index (χ0v) is 23.3. The molecule has 3 aromatic rings. The summed E-state index contributed by atoms with van der Waals surface area (Å²) >= 11 is 12.3. The van der Waals surface area contributed by atoms with Gasteiger partial charge >= 0.3 is 0 Å². The lowest BCUT2D eigenvalue weighted by Crippen LogP contribution is -2.51. The number of carbonyl (C=O) groups excluding carboxylic acids is 3. The molecule has 2 N–H and O–H groups in total. The van der Waals surface area contributed by atoms with E-state index >= 15 is 0 Å². The third-order valence-electron chi connectivity index (χ3n) is 7.90. The molecule has 0 bridgehead atoms. The Kier molecular flexibility index (Phi) is 6.33. The number of rotatable bonds is 9. The molecule has 2 unspecified atom stereocenters. The first-order valence-corrected chi connectivity index (χ1v) is 13.8. The van der Waals surface area contributed by atoms with Crippen molar-refractivity contribution in [1.82, 2.24) is 35.2 Å². The fraction of sp³-hybridized carbons (Fsp3) is 0.538. The number of Topliss-reactive ketones (excluding diaryl/α,β-unsaturated/α-hetero) is 1. The first kappa shape index (κ1) is 26.1. The molecule has 2 saturated carbocycles. The highest BCUT2D eigenvalue weighted by atomic mass is 35.5. The van der Waals surface area contributed by atoms with E-state index in [-0.39, 0.29) is 54.4 Å². The predicted octanol–water partition coefficient (Wildman–Crippen LogP) is 2.93. The lowest BCUT2D eigenvalue weighted by molar-refractivity contribution is -0.140. The van der Waals surface area contributed by atoms with Gasteiger partial charge in [0.1, 0.15) is 29.2 Å². The number of nitrogens with one attached hydrogen (secondary N) is 2. The van der Waals surface area contributed by atoms with Gasteiger partial charge in [-0.25, -0.2) is 4.98 Å². The van der Waals surface area contributed by atoms with E-state index in [1.807, 2.05) is 19.9 Å². The number of likely N-dealkylation sites (tertiary alicyclic amines) is 1. The van der Waals surface area contributed by atoms with Crippen molar-refractivity contribution in [1.29, 1.82) is 0 Å². The van der Waals surface area contributed by atoms with Crippen LogP contribution in [0.3, 0.4) is 0 Å². The summed E-state index contributed by atoms with van der Waals surface area (Å²) in [5.74, 6) is -0.0219. The van der Waals surface area contributed by atoms with Crippen molar-refractivity contribution in [2.45, 2.75) is 75.6 Å². The van der Waals surface area contributed by atoms with Crippen LogP contribution in [-0.2, 0) is 22.7 Å². The Balaban J connectivity index is 1.18. The average molecular weight is 574 g/mol. The predicted molar refractivity (Wildman–Crippen MR) is 142 cm³/mol. The Bertz CT molecular complexity index is 1480. The van der Waals surface area contributed by atoms with Crippen molar-refractivity contribution in [3.63, 3.8) is 0 Å². The zero-order valence-electron chi connectivity index (χ0n) is 21.8. The molecule has 2 amide bonds. The van der Waals surface area contributed by atoms with Gasteiger partial charge in [0.15, 0.2) is 5.78 Å². The summed E-state index contributed by atoms with van der Waals surface area (Å²) in [6, 6.07) is 2.82. The molecular weight excluding hydrogens is 545 g/mol. The standard InChI is InChI=1S/C26H29Cl2N7O4/c1-12-4-16(32-31-12)11-39-22-7-17-21(9-29-22)34(33-24(17)14(3)36)10-23(37)35-19-5-15(19)6-20(35)25(38)30-13(2)18-8-26(18,27)28/h4,7,9,13,15,18-20H,5-6,8,10-11H2,1-3H3,(H,30,38)(H,31,32)/t13-,15-,18?,19?,20+/m1/s1. The summed E-state index contributed by atoms with van der Waals surface area (Å²) in [4.78, 5) is 45.2. The molecule has 3 fully saturated rings. The highest BCUT2D eigenvalue weighted by molar-refractivity contribution is 6.51. The van der Waals surface area contributed by atoms with Crippen molar-refractivity contribution in [2.75, 3.05) is 0 Å². The Labute approximate surface area is 234 Å². The molecule has 13 heteroatoms. The molecule has 1 saturated heterocycles. The summed E-state index contributed by atoms with van der Waals surface area (Å²) in [6.45, 7) is 5.30. The highest BCUT2D eigenvalue weighted by Crippen LogP contribution is 2.55. The minimum absolute atomic E-state index is 0.00455. The Morgan fingerprint density at radius 1 is 1.28 bits per heavy atom. The number of amides is 2. The SMILES string of the molecule is CC(=O)c1nn(CC(=O)N2C3C[C@@H]3C[C@H]2C(=O)N[C@H](C)C2CC2(Cl)Cl)c2cnc(OCc3cc(C)[nH]n3)cc12. The molecule has 3 aromatic heterocycles. The van der Waals surface area contributed by atoms with Crippen LogP contribution in [0.25, 0.3) is 10.9 Å². The van der Waals surface area contributed by atoms with Gasteiger partial charge in [-0.05, 0) is 45.1 Å². The Morgan fingerprint density at radius 3 is 2.72 bits per heavy atom. The number of hydrogen-bond acceptors (Lipinski definition) is 7. The second-order valence-electron chi connectivity index (χ2n) is 10.9. The monoisotopic (exact) mass is 573 g/mol. The van der Waals surface area contributed by atoms with Gasteiger partial charge < -0.3 is 15.0 Å². The van der Waals surface area contributed by atoms with E-state index in [9.17, 15) is 14.4 Å². The number of pyridine rings is 1. The Morgan fingerprint density at radius 2 is 2.05 bits per heavy atom. The first-order valence-electron chi connectivity index (χ1n) is 13.0. The number of alkyl halides is 2. The summed E-state index contributed by atoms with van der Waals surface area (Å²) < 4.78 is 6.45. The molecule has 5 atom stereocenters. The second-order valence-corrected chi connectivity index (χ2v) is 12.5. The van der Waals surface area contributed by atoms with Crippen molar-refractivity contribution in [2.24, 2.45) is 11.8 Å². The van der Waals surface area contributed by atoms with E-state index in [1.165, 1.54) is 11.6 Å². The molecule has 4 heterocycles. The van der Waals surface area contributed by atoms with Crippen LogP contribution in [0.1, 0.15) is 55.0 Å². The summed E-state index contributed by atoms with van der Waals surface area (Å²) in [6.07, 6.45) is 3.69. The molecule has 39 heavy (non-hydrogen) atoms. The van der Waals surface area contributed by atoms with E-state index in [0.29, 0.717) is 35.5 Å². The van der Waals surface area contributed by atoms with Crippen LogP contribution in [0.5, 0.6) is 5.88 Å². The van der Waals surface area contributed by atoms with Gasteiger partial charge in [0.25, 0.3) is 0 Å². The number of piperidine rings is 1. The van der Waals surface area contributed by atoms with Crippen molar-refractivity contribution in [3.05, 3.63) is 35.4 Å². The van der Waals surface area contributed by atoms with Crippen LogP contribution in [0.2, 0.25) is 0 Å². The number of ether oxygens (including phenoxy) is 1. The molecule has 3 aliphatic rings. The van der Waals surface area contributed by atoms with Gasteiger partial charge in [-0.15, -0.1) is 23.2 Å². The fourth-order valence-corrected chi connectivity index (χ4v) is 6.38. The number of fused-ring (bicyclic) bond motifs is 2. The van der Waals surface area contributed by atoms with Gasteiger partial charge in [0.05, 0.1) is 17.4 Å². The first-order chi connectivity index (χ1) is 18.5. The highest BCUT2D eigenvalue weighted by Gasteiger charge is 2.58. The van der Waals surface area contributed by atoms with E-state index in [1.54, 1.807) is 17.2 Å². The van der Waals surface area contributed by atoms with Gasteiger partial charge in [-0.1, -0.05) is 0 Å². The van der Waals surface area contributed by atoms with E-state index in [0.717, 1.165) is 17.8 Å². The topological polar surface area (TPSA) is 135 Å². The third-order valence-corrected chi connectivity index (χ3v) is 8.77. The zero-order chi connectivity index (χ0) is 27.6. The van der Waals surface area contributed by atoms with E-state index in [4.69, 9.17) is 27.9 Å². The van der Waals surface area contributed by atoms with Crippen LogP contribution in [0.15, 0.2) is 18.3 Å². The molecule has 2 aliphatic carbocycles. The number of aromatic nitrogens is 5. The Hall–Kier alpha value is -3.18. The van der Waals surface area contributed by atoms with Crippen LogP contribution in [-0.4, -0.2) is 69.9 Å². The largest absolute Gasteiger partial charge is 0.471 e. The van der Waals surface area contributed by atoms with Crippen LogP contribution in [0, 0.1) is 18.8 Å². The van der Waals surface area contributed by atoms with E-state index in [2.05, 4.69) is 25.6 Å². The lowest BCUT2D eigenvalue weighted by Gasteiger charge is -2.28. The molecule has 11 nitrogen and oxygen atoms in total. The summed E-state index contributed by atoms with van der Waals surface area (Å²) in [5, 5.41) is 15.0. The number of ketones is 1. The number of halogens is 2. The van der Waals surface area contributed by atoms with Gasteiger partial charge in [0, 0.05) is 42.1 Å². The summed E-state index contributed by atoms with van der Waals surface area (Å²) in [5.41, 5.74) is 2.40.